The molecule has 8 rings (SSSR count). The van der Waals surface area contributed by atoms with Crippen LogP contribution in [0.4, 0.5) is 0 Å². The third kappa shape index (κ3) is 3.30. The monoisotopic (exact) mass is 507 g/mol. The second-order valence-electron chi connectivity index (χ2n) is 10.1. The first-order valence-corrected chi connectivity index (χ1v) is 13.3. The van der Waals surface area contributed by atoms with Gasteiger partial charge in [-0.15, -0.1) is 0 Å². The van der Waals surface area contributed by atoms with Crippen molar-refractivity contribution in [2.24, 2.45) is 0 Å². The minimum absolute atomic E-state index is 0.682. The zero-order valence-corrected chi connectivity index (χ0v) is 21.5. The van der Waals surface area contributed by atoms with Crippen LogP contribution in [0.5, 0.6) is 0 Å². The summed E-state index contributed by atoms with van der Waals surface area (Å²) in [5.41, 5.74) is 6.81. The van der Waals surface area contributed by atoms with Crippen molar-refractivity contribution in [3.63, 3.8) is 0 Å². The maximum Gasteiger partial charge on any atom is 0.0998 e. The third-order valence-corrected chi connectivity index (χ3v) is 7.91. The molecule has 0 saturated carbocycles. The lowest BCUT2D eigenvalue weighted by atomic mass is 9.91. The number of hydrogen-bond acceptors (Lipinski definition) is 3. The van der Waals surface area contributed by atoms with Crippen LogP contribution in [-0.2, 0) is 0 Å². The number of fused-ring (bicyclic) bond motifs is 8. The fraction of sp³-hybridized carbons (Fsp3) is 0. The Balaban J connectivity index is 1.52. The van der Waals surface area contributed by atoms with Gasteiger partial charge in [0.2, 0.25) is 0 Å². The summed E-state index contributed by atoms with van der Waals surface area (Å²) in [4.78, 5) is 10.1. The van der Waals surface area contributed by atoms with Gasteiger partial charge in [0.25, 0.3) is 0 Å². The van der Waals surface area contributed by atoms with Gasteiger partial charge in [-0.3, -0.25) is 4.98 Å². The van der Waals surface area contributed by atoms with Gasteiger partial charge in [0.05, 0.1) is 28.4 Å². The summed E-state index contributed by atoms with van der Waals surface area (Å²) in [6, 6.07) is 44.2. The molecule has 3 heteroatoms. The van der Waals surface area contributed by atoms with Gasteiger partial charge in [-0.1, -0.05) is 103 Å². The van der Waals surface area contributed by atoms with Crippen LogP contribution >= 0.6 is 0 Å². The first-order valence-electron chi connectivity index (χ1n) is 13.3. The van der Waals surface area contributed by atoms with Crippen molar-refractivity contribution in [2.45, 2.75) is 0 Å². The number of hydrogen-bond donors (Lipinski definition) is 0. The van der Waals surface area contributed by atoms with E-state index in [1.165, 1.54) is 5.39 Å². The van der Waals surface area contributed by atoms with Crippen molar-refractivity contribution in [3.8, 4) is 28.5 Å². The first kappa shape index (κ1) is 22.4. The molecule has 2 aromatic heterocycles. The van der Waals surface area contributed by atoms with Crippen LogP contribution in [0.15, 0.2) is 128 Å². The molecule has 6 aromatic carbocycles. The minimum Gasteiger partial charge on any atom is -0.256 e. The maximum atomic E-state index is 9.67. The molecule has 0 bridgehead atoms. The Morgan fingerprint density at radius 2 is 1.32 bits per heavy atom. The zero-order valence-electron chi connectivity index (χ0n) is 21.5. The fourth-order valence-corrected chi connectivity index (χ4v) is 6.08. The molecule has 0 aliphatic heterocycles. The summed E-state index contributed by atoms with van der Waals surface area (Å²) in [7, 11) is 0. The van der Waals surface area contributed by atoms with Crippen molar-refractivity contribution in [2.75, 3.05) is 0 Å². The molecule has 2 heterocycles. The molecule has 0 aliphatic carbocycles. The highest BCUT2D eigenvalue weighted by molar-refractivity contribution is 6.28. The summed E-state index contributed by atoms with van der Waals surface area (Å²) in [6.07, 6.45) is 1.87. The molecule has 0 N–H and O–H groups in total. The first-order chi connectivity index (χ1) is 19.8. The SMILES string of the molecule is N#Cc1ccc(-c2ccc3c(c2)nc(-c2ccccc2)c2ccc4ccc5cccnc5c4c23)c2ccccc12. The molecule has 0 radical (unpaired) electrons. The smallest absolute Gasteiger partial charge is 0.0998 e. The number of benzene rings is 6. The van der Waals surface area contributed by atoms with E-state index in [1.54, 1.807) is 0 Å². The van der Waals surface area contributed by atoms with E-state index in [0.717, 1.165) is 71.1 Å². The largest absolute Gasteiger partial charge is 0.256 e. The molecule has 0 atom stereocenters. The molecule has 0 saturated heterocycles. The van der Waals surface area contributed by atoms with Crippen LogP contribution < -0.4 is 0 Å². The lowest BCUT2D eigenvalue weighted by molar-refractivity contribution is 1.42. The van der Waals surface area contributed by atoms with Crippen molar-refractivity contribution >= 4 is 54.1 Å². The number of nitrogens with zero attached hydrogens (tertiary/aromatic N) is 3. The summed E-state index contributed by atoms with van der Waals surface area (Å²) < 4.78 is 0. The van der Waals surface area contributed by atoms with Crippen molar-refractivity contribution in [1.29, 1.82) is 5.26 Å². The number of aromatic nitrogens is 2. The third-order valence-electron chi connectivity index (χ3n) is 7.91. The van der Waals surface area contributed by atoms with Gasteiger partial charge in [-0.2, -0.15) is 5.26 Å². The van der Waals surface area contributed by atoms with Crippen molar-refractivity contribution in [3.05, 3.63) is 133 Å². The van der Waals surface area contributed by atoms with Gasteiger partial charge in [-0.05, 0) is 40.1 Å². The maximum absolute atomic E-state index is 9.67. The summed E-state index contributed by atoms with van der Waals surface area (Å²) in [6.45, 7) is 0. The second-order valence-corrected chi connectivity index (χ2v) is 10.1. The van der Waals surface area contributed by atoms with E-state index in [9.17, 15) is 5.26 Å². The second kappa shape index (κ2) is 8.73. The average molecular weight is 508 g/mol. The molecular weight excluding hydrogens is 486 g/mol. The van der Waals surface area contributed by atoms with Gasteiger partial charge >= 0.3 is 0 Å². The quantitative estimate of drug-likeness (QED) is 0.219. The Morgan fingerprint density at radius 3 is 2.20 bits per heavy atom. The predicted molar refractivity (Wildman–Crippen MR) is 165 cm³/mol. The van der Waals surface area contributed by atoms with Crippen LogP contribution in [0.25, 0.3) is 76.5 Å². The Labute approximate surface area is 230 Å². The lowest BCUT2D eigenvalue weighted by Gasteiger charge is -2.15. The van der Waals surface area contributed by atoms with Crippen LogP contribution in [0.2, 0.25) is 0 Å². The number of rotatable bonds is 2. The highest BCUT2D eigenvalue weighted by atomic mass is 14.7. The van der Waals surface area contributed by atoms with E-state index in [1.807, 2.05) is 48.7 Å². The fourth-order valence-electron chi connectivity index (χ4n) is 6.08. The summed E-state index contributed by atoms with van der Waals surface area (Å²) in [5.74, 6) is 0. The molecule has 8 aromatic rings. The Kier molecular flexibility index (Phi) is 4.89. The highest BCUT2D eigenvalue weighted by Crippen LogP contribution is 2.41. The summed E-state index contributed by atoms with van der Waals surface area (Å²) >= 11 is 0. The normalized spacial score (nSPS) is 11.5. The zero-order chi connectivity index (χ0) is 26.6. The number of nitriles is 1. The Morgan fingerprint density at radius 1 is 0.550 bits per heavy atom. The van der Waals surface area contributed by atoms with Crippen molar-refractivity contribution in [1.82, 2.24) is 9.97 Å². The van der Waals surface area contributed by atoms with E-state index >= 15 is 0 Å². The molecular formula is C37H21N3. The standard InChI is InChI=1S/C37H21N3/c38-22-27-16-17-29(30-11-5-4-10-28(27)30)26-15-18-31-33(21-26)40-36(24-7-2-1-3-8-24)32-19-14-23-12-13-25-9-6-20-39-37(25)34(23)35(31)32/h1-21H. The van der Waals surface area contributed by atoms with Crippen LogP contribution in [-0.4, -0.2) is 9.97 Å². The van der Waals surface area contributed by atoms with Crippen LogP contribution in [0.1, 0.15) is 5.56 Å². The average Bonchev–Trinajstić information content (AvgIpc) is 3.03. The number of pyridine rings is 2. The molecule has 0 amide bonds. The van der Waals surface area contributed by atoms with Gasteiger partial charge in [0, 0.05) is 44.1 Å². The topological polar surface area (TPSA) is 49.6 Å². The van der Waals surface area contributed by atoms with E-state index in [0.29, 0.717) is 5.56 Å². The molecule has 40 heavy (non-hydrogen) atoms. The molecule has 0 unspecified atom stereocenters. The minimum atomic E-state index is 0.682. The van der Waals surface area contributed by atoms with E-state index in [4.69, 9.17) is 9.97 Å². The van der Waals surface area contributed by atoms with Gasteiger partial charge in [0.15, 0.2) is 0 Å². The molecule has 184 valence electrons. The van der Waals surface area contributed by atoms with Gasteiger partial charge in [0.1, 0.15) is 0 Å². The van der Waals surface area contributed by atoms with Gasteiger partial charge < -0.3 is 0 Å². The Bertz CT molecular complexity index is 2330. The van der Waals surface area contributed by atoms with Crippen molar-refractivity contribution < 1.29 is 0 Å². The van der Waals surface area contributed by atoms with E-state index in [-0.39, 0.29) is 0 Å². The van der Waals surface area contributed by atoms with E-state index in [2.05, 4.69) is 84.9 Å². The molecule has 3 nitrogen and oxygen atoms in total. The predicted octanol–water partition coefficient (Wildman–Crippen LogP) is 9.45. The molecule has 0 aliphatic rings. The molecule has 0 spiro atoms. The van der Waals surface area contributed by atoms with E-state index < -0.39 is 0 Å². The highest BCUT2D eigenvalue weighted by Gasteiger charge is 2.16. The Hall–Kier alpha value is -5.59. The van der Waals surface area contributed by atoms with Gasteiger partial charge in [-0.25, -0.2) is 4.98 Å². The summed E-state index contributed by atoms with van der Waals surface area (Å²) in [5, 5.41) is 18.5. The molecule has 0 fully saturated rings. The van der Waals surface area contributed by atoms with Crippen LogP contribution in [0.3, 0.4) is 0 Å². The van der Waals surface area contributed by atoms with Crippen LogP contribution in [0, 0.1) is 11.3 Å². The lowest BCUT2D eigenvalue weighted by Crippen LogP contribution is -1.93.